The third-order valence-corrected chi connectivity index (χ3v) is 4.36. The quantitative estimate of drug-likeness (QED) is 0.784. The Balaban J connectivity index is 2.44. The van der Waals surface area contributed by atoms with Crippen molar-refractivity contribution in [3.05, 3.63) is 57.8 Å². The Kier molecular flexibility index (Phi) is 4.56. The van der Waals surface area contributed by atoms with Gasteiger partial charge in [-0.15, -0.1) is 11.3 Å². The van der Waals surface area contributed by atoms with Gasteiger partial charge < -0.3 is 9.47 Å². The number of hydrogen-bond acceptors (Lipinski definition) is 4. The van der Waals surface area contributed by atoms with E-state index in [1.807, 2.05) is 48.7 Å². The zero-order chi connectivity index (χ0) is 14.6. The minimum atomic E-state index is -0.886. The Morgan fingerprint density at radius 1 is 1.15 bits per heavy atom. The highest BCUT2D eigenvalue weighted by Gasteiger charge is 2.35. The van der Waals surface area contributed by atoms with Crippen LogP contribution < -0.4 is 0 Å². The Bertz CT molecular complexity index is 580. The molecule has 20 heavy (non-hydrogen) atoms. The molecule has 2 rings (SSSR count). The van der Waals surface area contributed by atoms with Gasteiger partial charge in [0.05, 0.1) is 16.9 Å². The molecule has 0 N–H and O–H groups in total. The maximum absolute atomic E-state index is 8.96. The van der Waals surface area contributed by atoms with E-state index in [1.54, 1.807) is 25.6 Å². The smallest absolute Gasteiger partial charge is 0.231 e. The van der Waals surface area contributed by atoms with Crippen LogP contribution in [-0.2, 0) is 15.3 Å². The van der Waals surface area contributed by atoms with Crippen molar-refractivity contribution in [3.8, 4) is 6.07 Å². The molecule has 0 spiro atoms. The first-order valence-electron chi connectivity index (χ1n) is 6.32. The fourth-order valence-corrected chi connectivity index (χ4v) is 3.09. The van der Waals surface area contributed by atoms with Gasteiger partial charge in [-0.2, -0.15) is 5.26 Å². The largest absolute Gasteiger partial charge is 0.345 e. The lowest BCUT2D eigenvalue weighted by Crippen LogP contribution is -2.31. The summed E-state index contributed by atoms with van der Waals surface area (Å²) in [5.41, 5.74) is 1.90. The number of hydrogen-bond donors (Lipinski definition) is 0. The van der Waals surface area contributed by atoms with Gasteiger partial charge in [0, 0.05) is 19.8 Å². The summed E-state index contributed by atoms with van der Waals surface area (Å²) < 4.78 is 11.3. The first-order valence-corrected chi connectivity index (χ1v) is 7.20. The van der Waals surface area contributed by atoms with Crippen molar-refractivity contribution in [2.45, 2.75) is 18.6 Å². The summed E-state index contributed by atoms with van der Waals surface area (Å²) in [5.74, 6) is -1.01. The second kappa shape index (κ2) is 6.19. The van der Waals surface area contributed by atoms with Crippen molar-refractivity contribution >= 4 is 11.3 Å². The van der Waals surface area contributed by atoms with Gasteiger partial charge in [0.25, 0.3) is 0 Å². The molecular weight excluding hydrogens is 270 g/mol. The fourth-order valence-electron chi connectivity index (χ4n) is 2.19. The number of rotatable bonds is 5. The Morgan fingerprint density at radius 3 is 2.25 bits per heavy atom. The Labute approximate surface area is 123 Å². The molecule has 1 aromatic heterocycles. The number of methoxy groups -OCH3 is 2. The van der Waals surface area contributed by atoms with Crippen LogP contribution in [0.2, 0.25) is 0 Å². The summed E-state index contributed by atoms with van der Waals surface area (Å²) in [4.78, 5) is 0.989. The lowest BCUT2D eigenvalue weighted by molar-refractivity contribution is -0.181. The lowest BCUT2D eigenvalue weighted by Gasteiger charge is -2.30. The maximum Gasteiger partial charge on any atom is 0.231 e. The first kappa shape index (κ1) is 14.7. The summed E-state index contributed by atoms with van der Waals surface area (Å²) in [7, 11) is 3.27. The van der Waals surface area contributed by atoms with Crippen molar-refractivity contribution in [2.75, 3.05) is 14.2 Å². The van der Waals surface area contributed by atoms with Gasteiger partial charge in [0.15, 0.2) is 0 Å². The molecule has 0 aliphatic rings. The van der Waals surface area contributed by atoms with Crippen LogP contribution in [0.15, 0.2) is 41.8 Å². The third-order valence-electron chi connectivity index (χ3n) is 3.40. The van der Waals surface area contributed by atoms with E-state index in [-0.39, 0.29) is 5.92 Å². The van der Waals surface area contributed by atoms with Gasteiger partial charge in [-0.3, -0.25) is 0 Å². The molecule has 0 bridgehead atoms. The van der Waals surface area contributed by atoms with E-state index in [2.05, 4.69) is 6.07 Å². The fraction of sp³-hybridized carbons (Fsp3) is 0.312. The first-order chi connectivity index (χ1) is 9.67. The average molecular weight is 287 g/mol. The second-order valence-corrected chi connectivity index (χ2v) is 5.42. The van der Waals surface area contributed by atoms with Crippen LogP contribution in [0.1, 0.15) is 28.8 Å². The zero-order valence-electron chi connectivity index (χ0n) is 11.8. The molecule has 1 atom stereocenters. The molecule has 0 saturated heterocycles. The number of benzene rings is 1. The molecule has 104 valence electrons. The Hall–Kier alpha value is -1.67. The molecule has 1 unspecified atom stereocenters. The van der Waals surface area contributed by atoms with E-state index in [9.17, 15) is 0 Å². The van der Waals surface area contributed by atoms with Gasteiger partial charge in [0.1, 0.15) is 0 Å². The van der Waals surface area contributed by atoms with Crippen molar-refractivity contribution in [2.24, 2.45) is 0 Å². The van der Waals surface area contributed by atoms with Gasteiger partial charge in [-0.05, 0) is 23.9 Å². The summed E-state index contributed by atoms with van der Waals surface area (Å²) in [6.45, 7) is 1.88. The van der Waals surface area contributed by atoms with Crippen LogP contribution in [0.3, 0.4) is 0 Å². The maximum atomic E-state index is 8.96. The van der Waals surface area contributed by atoms with E-state index in [0.717, 1.165) is 16.0 Å². The van der Waals surface area contributed by atoms with Crippen molar-refractivity contribution in [3.63, 3.8) is 0 Å². The number of nitriles is 1. The highest BCUT2D eigenvalue weighted by atomic mass is 32.1. The predicted molar refractivity (Wildman–Crippen MR) is 79.6 cm³/mol. The van der Waals surface area contributed by atoms with Gasteiger partial charge in [0.2, 0.25) is 5.79 Å². The molecule has 0 radical (unpaired) electrons. The molecule has 0 amide bonds. The number of ether oxygens (including phenoxy) is 2. The van der Waals surface area contributed by atoms with Gasteiger partial charge in [-0.1, -0.05) is 30.3 Å². The van der Waals surface area contributed by atoms with Crippen molar-refractivity contribution in [1.29, 1.82) is 5.26 Å². The van der Waals surface area contributed by atoms with E-state index in [1.165, 1.54) is 0 Å². The summed E-state index contributed by atoms with van der Waals surface area (Å²) in [6.07, 6.45) is 0. The SMILES string of the molecule is COC(OC)(c1ccc(C(C)C#N)cc1)c1cccs1. The van der Waals surface area contributed by atoms with Crippen LogP contribution in [0.5, 0.6) is 0 Å². The summed E-state index contributed by atoms with van der Waals surface area (Å²) in [6, 6.07) is 14.0. The molecule has 4 heteroatoms. The molecule has 1 aromatic carbocycles. The van der Waals surface area contributed by atoms with Crippen molar-refractivity contribution in [1.82, 2.24) is 0 Å². The molecule has 0 aliphatic carbocycles. The molecule has 0 fully saturated rings. The summed E-state index contributed by atoms with van der Waals surface area (Å²) >= 11 is 1.59. The van der Waals surface area contributed by atoms with Crippen molar-refractivity contribution < 1.29 is 9.47 Å². The minimum Gasteiger partial charge on any atom is -0.345 e. The number of nitrogens with zero attached hydrogens (tertiary/aromatic N) is 1. The highest BCUT2D eigenvalue weighted by Crippen LogP contribution is 2.37. The monoisotopic (exact) mass is 287 g/mol. The van der Waals surface area contributed by atoms with Crippen LogP contribution >= 0.6 is 11.3 Å². The molecular formula is C16H17NO2S. The number of thiophene rings is 1. The van der Waals surface area contributed by atoms with E-state index < -0.39 is 5.79 Å². The topological polar surface area (TPSA) is 42.2 Å². The average Bonchev–Trinajstić information content (AvgIpc) is 3.04. The van der Waals surface area contributed by atoms with Gasteiger partial charge >= 0.3 is 0 Å². The lowest BCUT2D eigenvalue weighted by atomic mass is 9.97. The zero-order valence-corrected chi connectivity index (χ0v) is 12.6. The molecule has 0 aliphatic heterocycles. The van der Waals surface area contributed by atoms with Crippen LogP contribution in [0, 0.1) is 11.3 Å². The van der Waals surface area contributed by atoms with E-state index in [0.29, 0.717) is 0 Å². The van der Waals surface area contributed by atoms with Gasteiger partial charge in [-0.25, -0.2) is 0 Å². The molecule has 0 saturated carbocycles. The van der Waals surface area contributed by atoms with Crippen LogP contribution in [-0.4, -0.2) is 14.2 Å². The predicted octanol–water partition coefficient (Wildman–Crippen LogP) is 3.87. The standard InChI is InChI=1S/C16H17NO2S/c1-12(11-17)13-6-8-14(9-7-13)16(18-2,19-3)15-5-4-10-20-15/h4-10,12H,1-3H3. The molecule has 2 aromatic rings. The second-order valence-electron chi connectivity index (χ2n) is 4.47. The van der Waals surface area contributed by atoms with E-state index in [4.69, 9.17) is 14.7 Å². The summed E-state index contributed by atoms with van der Waals surface area (Å²) in [5, 5.41) is 11.0. The van der Waals surface area contributed by atoms with Crippen LogP contribution in [0.4, 0.5) is 0 Å². The third kappa shape index (κ3) is 2.48. The van der Waals surface area contributed by atoms with E-state index >= 15 is 0 Å². The highest BCUT2D eigenvalue weighted by molar-refractivity contribution is 7.10. The molecule has 3 nitrogen and oxygen atoms in total. The Morgan fingerprint density at radius 2 is 1.80 bits per heavy atom. The minimum absolute atomic E-state index is 0.120. The molecule has 1 heterocycles. The van der Waals surface area contributed by atoms with Crippen LogP contribution in [0.25, 0.3) is 0 Å². The normalized spacial score (nSPS) is 12.9.